The molecule has 192 valence electrons. The number of amides is 1. The van der Waals surface area contributed by atoms with Crippen molar-refractivity contribution < 1.29 is 9.53 Å². The van der Waals surface area contributed by atoms with Gasteiger partial charge < -0.3 is 15.0 Å². The van der Waals surface area contributed by atoms with Crippen LogP contribution in [0.4, 0.5) is 5.82 Å². The molecular weight excluding hydrogens is 502 g/mol. The van der Waals surface area contributed by atoms with Crippen molar-refractivity contribution in [3.05, 3.63) is 71.4 Å². The van der Waals surface area contributed by atoms with Gasteiger partial charge >= 0.3 is 0 Å². The summed E-state index contributed by atoms with van der Waals surface area (Å²) < 4.78 is 7.10. The average molecular weight is 528 g/mol. The normalized spacial score (nSPS) is 22.3. The smallest absolute Gasteiger partial charge is 0.271 e. The highest BCUT2D eigenvalue weighted by atomic mass is 35.5. The highest BCUT2D eigenvalue weighted by Gasteiger charge is 2.47. The summed E-state index contributed by atoms with van der Waals surface area (Å²) in [5.41, 5.74) is 2.93. The Hall–Kier alpha value is -4.16. The summed E-state index contributed by atoms with van der Waals surface area (Å²) in [6.45, 7) is 3.88. The molecule has 0 spiro atoms. The third kappa shape index (κ3) is 4.21. The predicted molar refractivity (Wildman–Crippen MR) is 143 cm³/mol. The van der Waals surface area contributed by atoms with Gasteiger partial charge in [0.25, 0.3) is 5.91 Å². The van der Waals surface area contributed by atoms with Crippen LogP contribution in [0.15, 0.2) is 55.1 Å². The van der Waals surface area contributed by atoms with Crippen molar-refractivity contribution in [2.45, 2.75) is 25.3 Å². The van der Waals surface area contributed by atoms with Crippen LogP contribution in [0.1, 0.15) is 35.8 Å². The van der Waals surface area contributed by atoms with Gasteiger partial charge in [-0.3, -0.25) is 4.79 Å². The lowest BCUT2D eigenvalue weighted by Crippen LogP contribution is -2.45. The van der Waals surface area contributed by atoms with E-state index in [1.807, 2.05) is 24.4 Å². The first kappa shape index (κ1) is 24.2. The summed E-state index contributed by atoms with van der Waals surface area (Å²) in [5, 5.41) is 17.4. The number of hydrogen-bond donors (Lipinski definition) is 1. The van der Waals surface area contributed by atoms with Gasteiger partial charge in [0, 0.05) is 42.1 Å². The lowest BCUT2D eigenvalue weighted by molar-refractivity contribution is 0.0900. The molecule has 5 heterocycles. The third-order valence-corrected chi connectivity index (χ3v) is 8.02. The van der Waals surface area contributed by atoms with Crippen LogP contribution in [0, 0.1) is 23.2 Å². The number of nitriles is 1. The molecule has 0 bridgehead atoms. The Morgan fingerprint density at radius 2 is 2.00 bits per heavy atom. The number of hydrogen-bond acceptors (Lipinski definition) is 7. The standard InChI is InChI=1S/C28H26ClN7O2/c1-28(34-27(37)25-23(29)4-3-7-31-25)9-18-14-35(15-19(18)10-28)24-6-5-17(12-32-24)22-8-21(38-2)16-36-26(22)20(11-30)13-33-36/h3-8,12-13,16,18-19H,9-10,14-15H2,1-2H3,(H,34,37)/t18-,19+,28+. The molecule has 1 amide bonds. The van der Waals surface area contributed by atoms with Crippen molar-refractivity contribution >= 4 is 28.8 Å². The van der Waals surface area contributed by atoms with Gasteiger partial charge in [0.2, 0.25) is 0 Å². The molecule has 2 fully saturated rings. The Balaban J connectivity index is 1.17. The first-order chi connectivity index (χ1) is 18.4. The maximum absolute atomic E-state index is 12.8. The second-order valence-electron chi connectivity index (χ2n) is 10.3. The van der Waals surface area contributed by atoms with E-state index in [1.165, 1.54) is 0 Å². The molecule has 4 aromatic heterocycles. The minimum absolute atomic E-state index is 0.225. The first-order valence-electron chi connectivity index (χ1n) is 12.5. The molecule has 0 radical (unpaired) electrons. The van der Waals surface area contributed by atoms with Crippen molar-refractivity contribution in [2.75, 3.05) is 25.1 Å². The monoisotopic (exact) mass is 527 g/mol. The molecule has 1 N–H and O–H groups in total. The van der Waals surface area contributed by atoms with E-state index >= 15 is 0 Å². The number of carbonyl (C=O) groups is 1. The molecule has 0 aromatic carbocycles. The quantitative estimate of drug-likeness (QED) is 0.410. The number of halogens is 1. The zero-order chi connectivity index (χ0) is 26.4. The van der Waals surface area contributed by atoms with E-state index in [-0.39, 0.29) is 17.1 Å². The van der Waals surface area contributed by atoms with Gasteiger partial charge in [-0.05, 0) is 61.9 Å². The summed E-state index contributed by atoms with van der Waals surface area (Å²) in [5.74, 6) is 2.27. The molecule has 1 saturated heterocycles. The largest absolute Gasteiger partial charge is 0.495 e. The summed E-state index contributed by atoms with van der Waals surface area (Å²) in [4.78, 5) is 24.1. The van der Waals surface area contributed by atoms with Gasteiger partial charge in [-0.2, -0.15) is 10.4 Å². The number of nitrogens with one attached hydrogen (secondary N) is 1. The summed E-state index contributed by atoms with van der Waals surface area (Å²) >= 11 is 6.17. The Labute approximate surface area is 225 Å². The molecule has 1 aliphatic heterocycles. The fourth-order valence-electron chi connectivity index (χ4n) is 6.06. The van der Waals surface area contributed by atoms with Gasteiger partial charge in [0.1, 0.15) is 23.3 Å². The highest BCUT2D eigenvalue weighted by molar-refractivity contribution is 6.33. The molecule has 38 heavy (non-hydrogen) atoms. The zero-order valence-electron chi connectivity index (χ0n) is 21.1. The maximum Gasteiger partial charge on any atom is 0.271 e. The Morgan fingerprint density at radius 1 is 1.21 bits per heavy atom. The molecule has 6 rings (SSSR count). The molecule has 1 aliphatic carbocycles. The molecule has 3 atom stereocenters. The molecule has 2 aliphatic rings. The number of ether oxygens (including phenoxy) is 1. The van der Waals surface area contributed by atoms with Crippen molar-refractivity contribution in [3.63, 3.8) is 0 Å². The van der Waals surface area contributed by atoms with Crippen LogP contribution in [0.25, 0.3) is 16.6 Å². The van der Waals surface area contributed by atoms with E-state index in [2.05, 4.69) is 33.3 Å². The minimum atomic E-state index is -0.294. The van der Waals surface area contributed by atoms with E-state index in [1.54, 1.807) is 42.3 Å². The summed E-state index contributed by atoms with van der Waals surface area (Å²) in [6.07, 6.45) is 8.52. The number of anilines is 1. The second-order valence-corrected chi connectivity index (χ2v) is 10.8. The number of methoxy groups -OCH3 is 1. The summed E-state index contributed by atoms with van der Waals surface area (Å²) in [7, 11) is 1.61. The van der Waals surface area contributed by atoms with E-state index in [0.29, 0.717) is 28.2 Å². The second kappa shape index (κ2) is 9.30. The van der Waals surface area contributed by atoms with Crippen LogP contribution in [-0.2, 0) is 0 Å². The topological polar surface area (TPSA) is 108 Å². The van der Waals surface area contributed by atoms with Crippen LogP contribution in [-0.4, -0.2) is 51.2 Å². The van der Waals surface area contributed by atoms with Crippen molar-refractivity contribution in [2.24, 2.45) is 11.8 Å². The molecule has 4 aromatic rings. The van der Waals surface area contributed by atoms with E-state index < -0.39 is 0 Å². The van der Waals surface area contributed by atoms with E-state index in [0.717, 1.165) is 48.4 Å². The molecular formula is C28H26ClN7O2. The van der Waals surface area contributed by atoms with Crippen LogP contribution >= 0.6 is 11.6 Å². The molecule has 9 nitrogen and oxygen atoms in total. The number of nitrogens with zero attached hydrogens (tertiary/aromatic N) is 6. The molecule has 10 heteroatoms. The lowest BCUT2D eigenvalue weighted by atomic mass is 9.97. The number of rotatable bonds is 5. The number of carbonyl (C=O) groups excluding carboxylic acids is 1. The Morgan fingerprint density at radius 3 is 2.66 bits per heavy atom. The van der Waals surface area contributed by atoms with E-state index in [9.17, 15) is 10.1 Å². The van der Waals surface area contributed by atoms with Crippen molar-refractivity contribution in [1.29, 1.82) is 5.26 Å². The maximum atomic E-state index is 12.8. The van der Waals surface area contributed by atoms with Gasteiger partial charge in [0.05, 0.1) is 35.6 Å². The Bertz CT molecular complexity index is 1560. The first-order valence-corrected chi connectivity index (χ1v) is 12.8. The van der Waals surface area contributed by atoms with Crippen LogP contribution in [0.5, 0.6) is 5.75 Å². The lowest BCUT2D eigenvalue weighted by Gasteiger charge is -2.28. The number of pyridine rings is 3. The number of fused-ring (bicyclic) bond motifs is 2. The highest BCUT2D eigenvalue weighted by Crippen LogP contribution is 2.45. The van der Waals surface area contributed by atoms with E-state index in [4.69, 9.17) is 21.3 Å². The molecule has 0 unspecified atom stereocenters. The SMILES string of the molecule is COc1cc(-c2ccc(N3C[C@@H]4C[C@@](C)(NC(=O)c5ncccc5Cl)C[C@@H]4C3)nc2)c2c(C#N)cnn2c1. The van der Waals surface area contributed by atoms with Gasteiger partial charge in [-0.1, -0.05) is 11.6 Å². The molecule has 1 saturated carbocycles. The average Bonchev–Trinajstić information content (AvgIpc) is 3.59. The van der Waals surface area contributed by atoms with Crippen LogP contribution in [0.2, 0.25) is 5.02 Å². The van der Waals surface area contributed by atoms with Gasteiger partial charge in [-0.25, -0.2) is 14.5 Å². The van der Waals surface area contributed by atoms with Crippen LogP contribution < -0.4 is 15.0 Å². The number of aromatic nitrogens is 4. The minimum Gasteiger partial charge on any atom is -0.495 e. The van der Waals surface area contributed by atoms with Gasteiger partial charge in [0.15, 0.2) is 0 Å². The van der Waals surface area contributed by atoms with Crippen LogP contribution in [0.3, 0.4) is 0 Å². The van der Waals surface area contributed by atoms with Crippen molar-refractivity contribution in [1.82, 2.24) is 24.9 Å². The third-order valence-electron chi connectivity index (χ3n) is 7.72. The fraction of sp³-hybridized carbons (Fsp3) is 0.321. The van der Waals surface area contributed by atoms with Gasteiger partial charge in [-0.15, -0.1) is 0 Å². The fourth-order valence-corrected chi connectivity index (χ4v) is 6.27. The zero-order valence-corrected chi connectivity index (χ0v) is 21.8. The predicted octanol–water partition coefficient (Wildman–Crippen LogP) is 4.36. The van der Waals surface area contributed by atoms with Crippen molar-refractivity contribution in [3.8, 4) is 22.9 Å². The summed E-state index contributed by atoms with van der Waals surface area (Å²) in [6, 6.07) is 11.6. The Kier molecular flexibility index (Phi) is 5.92.